The molecule has 1 aliphatic rings. The SMILES string of the molecule is CCC(C)[C@H](N)C(=O)Nc1nnc(C2CC2)o1. The minimum Gasteiger partial charge on any atom is -0.408 e. The Kier molecular flexibility index (Phi) is 3.42. The van der Waals surface area contributed by atoms with Crippen LogP contribution < -0.4 is 11.1 Å². The fourth-order valence-electron chi connectivity index (χ4n) is 1.48. The summed E-state index contributed by atoms with van der Waals surface area (Å²) >= 11 is 0. The lowest BCUT2D eigenvalue weighted by Crippen LogP contribution is -2.40. The van der Waals surface area contributed by atoms with Crippen LogP contribution in [0.4, 0.5) is 6.01 Å². The Morgan fingerprint density at radius 2 is 2.29 bits per heavy atom. The maximum Gasteiger partial charge on any atom is 0.322 e. The number of nitrogens with zero attached hydrogens (tertiary/aromatic N) is 2. The monoisotopic (exact) mass is 238 g/mol. The molecule has 0 radical (unpaired) electrons. The van der Waals surface area contributed by atoms with Gasteiger partial charge in [0.15, 0.2) is 0 Å². The van der Waals surface area contributed by atoms with Crippen molar-refractivity contribution in [2.24, 2.45) is 11.7 Å². The molecule has 3 N–H and O–H groups in total. The lowest BCUT2D eigenvalue weighted by molar-refractivity contribution is -0.118. The van der Waals surface area contributed by atoms with Gasteiger partial charge in [0, 0.05) is 5.92 Å². The molecular formula is C11H18N4O2. The molecule has 0 aliphatic heterocycles. The zero-order valence-corrected chi connectivity index (χ0v) is 10.1. The highest BCUT2D eigenvalue weighted by molar-refractivity contribution is 5.93. The van der Waals surface area contributed by atoms with Crippen LogP contribution in [0.25, 0.3) is 0 Å². The second-order valence-electron chi connectivity index (χ2n) is 4.62. The van der Waals surface area contributed by atoms with Gasteiger partial charge in [0.25, 0.3) is 0 Å². The van der Waals surface area contributed by atoms with Crippen molar-refractivity contribution in [1.82, 2.24) is 10.2 Å². The maximum atomic E-state index is 11.7. The zero-order chi connectivity index (χ0) is 12.4. The summed E-state index contributed by atoms with van der Waals surface area (Å²) in [6.45, 7) is 3.93. The molecule has 6 nitrogen and oxygen atoms in total. The van der Waals surface area contributed by atoms with Crippen LogP contribution in [0, 0.1) is 5.92 Å². The molecule has 2 atom stereocenters. The summed E-state index contributed by atoms with van der Waals surface area (Å²) in [6, 6.07) is -0.396. The van der Waals surface area contributed by atoms with Gasteiger partial charge in [-0.15, -0.1) is 5.10 Å². The van der Waals surface area contributed by atoms with E-state index in [-0.39, 0.29) is 17.8 Å². The van der Waals surface area contributed by atoms with Gasteiger partial charge in [0.2, 0.25) is 11.8 Å². The summed E-state index contributed by atoms with van der Waals surface area (Å²) in [4.78, 5) is 11.7. The summed E-state index contributed by atoms with van der Waals surface area (Å²) in [5.41, 5.74) is 5.80. The first kappa shape index (κ1) is 12.0. The Morgan fingerprint density at radius 1 is 1.59 bits per heavy atom. The van der Waals surface area contributed by atoms with Gasteiger partial charge in [-0.2, -0.15) is 0 Å². The number of hydrogen-bond acceptors (Lipinski definition) is 5. The Hall–Kier alpha value is -1.43. The highest BCUT2D eigenvalue weighted by atomic mass is 16.4. The number of rotatable bonds is 5. The van der Waals surface area contributed by atoms with Crippen LogP contribution in [0.1, 0.15) is 44.9 Å². The quantitative estimate of drug-likeness (QED) is 0.805. The van der Waals surface area contributed by atoms with Crippen molar-refractivity contribution in [3.63, 3.8) is 0 Å². The van der Waals surface area contributed by atoms with E-state index < -0.39 is 6.04 Å². The highest BCUT2D eigenvalue weighted by Gasteiger charge is 2.30. The highest BCUT2D eigenvalue weighted by Crippen LogP contribution is 2.39. The summed E-state index contributed by atoms with van der Waals surface area (Å²) < 4.78 is 5.33. The standard InChI is InChI=1S/C11H18N4O2/c1-3-6(2)8(12)9(16)13-11-15-14-10(17-11)7-4-5-7/h6-8H,3-5,12H2,1-2H3,(H,13,15,16)/t6?,8-/m0/s1. The van der Waals surface area contributed by atoms with E-state index in [1.165, 1.54) is 0 Å². The lowest BCUT2D eigenvalue weighted by Gasteiger charge is -2.15. The summed E-state index contributed by atoms with van der Waals surface area (Å²) in [6.07, 6.45) is 3.02. The fourth-order valence-corrected chi connectivity index (χ4v) is 1.48. The first-order chi connectivity index (χ1) is 8.11. The van der Waals surface area contributed by atoms with Gasteiger partial charge in [-0.3, -0.25) is 10.1 Å². The normalized spacial score (nSPS) is 18.8. The molecule has 1 fully saturated rings. The average Bonchev–Trinajstić information content (AvgIpc) is 3.08. The third-order valence-corrected chi connectivity index (χ3v) is 3.16. The number of amides is 1. The third-order valence-electron chi connectivity index (χ3n) is 3.16. The van der Waals surface area contributed by atoms with Crippen molar-refractivity contribution in [2.45, 2.75) is 45.1 Å². The van der Waals surface area contributed by atoms with E-state index >= 15 is 0 Å². The van der Waals surface area contributed by atoms with Crippen molar-refractivity contribution in [1.29, 1.82) is 0 Å². The molecule has 1 amide bonds. The predicted molar refractivity (Wildman–Crippen MR) is 62.3 cm³/mol. The number of nitrogens with one attached hydrogen (secondary N) is 1. The van der Waals surface area contributed by atoms with Gasteiger partial charge in [0.05, 0.1) is 6.04 Å². The zero-order valence-electron chi connectivity index (χ0n) is 10.1. The predicted octanol–water partition coefficient (Wildman–Crippen LogP) is 1.26. The van der Waals surface area contributed by atoms with Crippen LogP contribution in [0.15, 0.2) is 4.42 Å². The van der Waals surface area contributed by atoms with Gasteiger partial charge in [-0.1, -0.05) is 25.4 Å². The van der Waals surface area contributed by atoms with E-state index in [0.29, 0.717) is 11.8 Å². The van der Waals surface area contributed by atoms with Crippen LogP contribution in [0.3, 0.4) is 0 Å². The molecule has 17 heavy (non-hydrogen) atoms. The van der Waals surface area contributed by atoms with Crippen LogP contribution in [-0.2, 0) is 4.79 Å². The Bertz CT molecular complexity index is 400. The maximum absolute atomic E-state index is 11.7. The molecule has 2 rings (SSSR count). The van der Waals surface area contributed by atoms with Crippen molar-refractivity contribution >= 4 is 11.9 Å². The number of aromatic nitrogens is 2. The largest absolute Gasteiger partial charge is 0.408 e. The van der Waals surface area contributed by atoms with Crippen LogP contribution >= 0.6 is 0 Å². The van der Waals surface area contributed by atoms with E-state index in [4.69, 9.17) is 10.2 Å². The second kappa shape index (κ2) is 4.83. The summed E-state index contributed by atoms with van der Waals surface area (Å²) in [7, 11) is 0. The minimum absolute atomic E-state index is 0.126. The van der Waals surface area contributed by atoms with Gasteiger partial charge in [0.1, 0.15) is 0 Å². The smallest absolute Gasteiger partial charge is 0.322 e. The molecule has 1 aliphatic carbocycles. The van der Waals surface area contributed by atoms with Crippen molar-refractivity contribution < 1.29 is 9.21 Å². The van der Waals surface area contributed by atoms with E-state index in [9.17, 15) is 4.79 Å². The summed E-state index contributed by atoms with van der Waals surface area (Å²) in [5.74, 6) is 0.847. The minimum atomic E-state index is -0.545. The Labute approximate surface area is 100.0 Å². The number of nitrogens with two attached hydrogens (primary N) is 1. The van der Waals surface area contributed by atoms with Crippen LogP contribution in [0.2, 0.25) is 0 Å². The molecule has 94 valence electrons. The lowest BCUT2D eigenvalue weighted by atomic mass is 10.00. The van der Waals surface area contributed by atoms with Gasteiger partial charge in [-0.05, 0) is 18.8 Å². The molecule has 1 aromatic rings. The topological polar surface area (TPSA) is 94.0 Å². The number of carbonyl (C=O) groups excluding carboxylic acids is 1. The van der Waals surface area contributed by atoms with Crippen LogP contribution in [0.5, 0.6) is 0 Å². The van der Waals surface area contributed by atoms with Gasteiger partial charge in [-0.25, -0.2) is 0 Å². The summed E-state index contributed by atoms with van der Waals surface area (Å²) in [5, 5.41) is 10.2. The van der Waals surface area contributed by atoms with E-state index in [1.807, 2.05) is 13.8 Å². The van der Waals surface area contributed by atoms with E-state index in [0.717, 1.165) is 19.3 Å². The molecule has 6 heteroatoms. The van der Waals surface area contributed by atoms with Crippen LogP contribution in [-0.4, -0.2) is 22.1 Å². The third kappa shape index (κ3) is 2.82. The second-order valence-corrected chi connectivity index (χ2v) is 4.62. The molecule has 0 bridgehead atoms. The molecule has 0 aromatic carbocycles. The number of hydrogen-bond donors (Lipinski definition) is 2. The first-order valence-electron chi connectivity index (χ1n) is 6.01. The average molecular weight is 238 g/mol. The first-order valence-corrected chi connectivity index (χ1v) is 6.01. The molecule has 0 saturated heterocycles. The van der Waals surface area contributed by atoms with Crippen molar-refractivity contribution in [3.05, 3.63) is 5.89 Å². The van der Waals surface area contributed by atoms with E-state index in [2.05, 4.69) is 15.5 Å². The molecular weight excluding hydrogens is 220 g/mol. The Balaban J connectivity index is 1.92. The molecule has 1 unspecified atom stereocenters. The number of anilines is 1. The molecule has 1 heterocycles. The van der Waals surface area contributed by atoms with Crippen molar-refractivity contribution in [2.75, 3.05) is 5.32 Å². The Morgan fingerprint density at radius 3 is 2.88 bits per heavy atom. The fraction of sp³-hybridized carbons (Fsp3) is 0.727. The van der Waals surface area contributed by atoms with Gasteiger partial charge < -0.3 is 10.2 Å². The van der Waals surface area contributed by atoms with Gasteiger partial charge >= 0.3 is 6.01 Å². The number of carbonyl (C=O) groups is 1. The van der Waals surface area contributed by atoms with E-state index in [1.54, 1.807) is 0 Å². The van der Waals surface area contributed by atoms with Crippen molar-refractivity contribution in [3.8, 4) is 0 Å². The molecule has 0 spiro atoms. The molecule has 1 saturated carbocycles. The molecule has 1 aromatic heterocycles.